The van der Waals surface area contributed by atoms with E-state index in [0.29, 0.717) is 21.8 Å². The second-order valence-electron chi connectivity index (χ2n) is 3.84. The molecule has 2 N–H and O–H groups in total. The molecule has 0 aliphatic rings. The smallest absolute Gasteiger partial charge is 0.305 e. The minimum Gasteiger partial charge on any atom is -0.466 e. The van der Waals surface area contributed by atoms with Crippen molar-refractivity contribution in [2.75, 3.05) is 0 Å². The average molecular weight is 327 g/mol. The van der Waals surface area contributed by atoms with Crippen molar-refractivity contribution in [2.24, 2.45) is 0 Å². The van der Waals surface area contributed by atoms with Crippen LogP contribution in [0, 0.1) is 13.8 Å². The minimum atomic E-state index is -0.545. The molecule has 0 saturated carbocycles. The largest absolute Gasteiger partial charge is 0.466 e. The van der Waals surface area contributed by atoms with Crippen LogP contribution in [-0.4, -0.2) is 11.8 Å². The first-order chi connectivity index (χ1) is 8.97. The van der Waals surface area contributed by atoms with Crippen LogP contribution in [-0.2, 0) is 0 Å². The lowest BCUT2D eigenvalue weighted by Gasteiger charge is -2.04. The molecule has 6 nitrogen and oxygen atoms in total. The predicted octanol–water partition coefficient (Wildman–Crippen LogP) is 2.33. The van der Waals surface area contributed by atoms with Crippen molar-refractivity contribution < 1.29 is 18.4 Å². The number of nitrogens with one attached hydrogen (secondary N) is 2. The third-order valence-corrected chi connectivity index (χ3v) is 2.80. The normalized spacial score (nSPS) is 10.3. The van der Waals surface area contributed by atoms with E-state index in [-0.39, 0.29) is 5.76 Å². The first-order valence-corrected chi connectivity index (χ1v) is 6.19. The standard InChI is InChI=1S/C12H11BrN2O4/c1-6-5-8(7(2)18-6)11(16)14-15-12(17)9-3-4-10(13)19-9/h3-5H,1-2H3,(H,14,16)(H,15,17). The topological polar surface area (TPSA) is 84.5 Å². The summed E-state index contributed by atoms with van der Waals surface area (Å²) in [7, 11) is 0. The Labute approximate surface area is 117 Å². The number of hydrogen-bond acceptors (Lipinski definition) is 4. The highest BCUT2D eigenvalue weighted by Crippen LogP contribution is 2.14. The summed E-state index contributed by atoms with van der Waals surface area (Å²) in [5, 5.41) is 0. The zero-order valence-electron chi connectivity index (χ0n) is 10.2. The summed E-state index contributed by atoms with van der Waals surface area (Å²) >= 11 is 3.08. The zero-order chi connectivity index (χ0) is 14.0. The zero-order valence-corrected chi connectivity index (χ0v) is 11.8. The van der Waals surface area contributed by atoms with Crippen LogP contribution in [0.15, 0.2) is 31.7 Å². The number of carbonyl (C=O) groups excluding carboxylic acids is 2. The molecule has 2 aromatic rings. The summed E-state index contributed by atoms with van der Waals surface area (Å²) in [4.78, 5) is 23.4. The van der Waals surface area contributed by atoms with E-state index in [1.54, 1.807) is 26.0 Å². The second kappa shape index (κ2) is 5.31. The Balaban J connectivity index is 1.97. The maximum atomic E-state index is 11.8. The fraction of sp³-hybridized carbons (Fsp3) is 0.167. The van der Waals surface area contributed by atoms with Crippen molar-refractivity contribution >= 4 is 27.7 Å². The number of rotatable bonds is 2. The van der Waals surface area contributed by atoms with Crippen molar-refractivity contribution in [2.45, 2.75) is 13.8 Å². The average Bonchev–Trinajstić information content (AvgIpc) is 2.92. The predicted molar refractivity (Wildman–Crippen MR) is 69.5 cm³/mol. The van der Waals surface area contributed by atoms with Gasteiger partial charge < -0.3 is 8.83 Å². The molecular weight excluding hydrogens is 316 g/mol. The van der Waals surface area contributed by atoms with E-state index in [9.17, 15) is 9.59 Å². The Morgan fingerprint density at radius 2 is 1.79 bits per heavy atom. The molecule has 0 bridgehead atoms. The molecule has 0 atom stereocenters. The van der Waals surface area contributed by atoms with Gasteiger partial charge in [0.2, 0.25) is 0 Å². The van der Waals surface area contributed by atoms with E-state index in [4.69, 9.17) is 8.83 Å². The van der Waals surface area contributed by atoms with Crippen molar-refractivity contribution in [3.63, 3.8) is 0 Å². The lowest BCUT2D eigenvalue weighted by atomic mass is 10.2. The fourth-order valence-electron chi connectivity index (χ4n) is 1.54. The summed E-state index contributed by atoms with van der Waals surface area (Å²) in [6, 6.07) is 4.67. The van der Waals surface area contributed by atoms with Gasteiger partial charge in [0.1, 0.15) is 11.5 Å². The van der Waals surface area contributed by atoms with Crippen LogP contribution in [0.3, 0.4) is 0 Å². The molecule has 2 aromatic heterocycles. The summed E-state index contributed by atoms with van der Waals surface area (Å²) in [5.41, 5.74) is 4.91. The van der Waals surface area contributed by atoms with Crippen molar-refractivity contribution in [3.8, 4) is 0 Å². The molecule has 2 rings (SSSR count). The molecule has 7 heteroatoms. The van der Waals surface area contributed by atoms with E-state index in [1.165, 1.54) is 6.07 Å². The molecule has 0 aliphatic carbocycles. The third-order valence-electron chi connectivity index (χ3n) is 2.37. The molecule has 100 valence electrons. The molecular formula is C12H11BrN2O4. The van der Waals surface area contributed by atoms with Gasteiger partial charge in [-0.1, -0.05) is 0 Å². The van der Waals surface area contributed by atoms with Crippen LogP contribution < -0.4 is 10.9 Å². The molecule has 2 amide bonds. The first kappa shape index (κ1) is 13.4. The Kier molecular flexibility index (Phi) is 3.75. The van der Waals surface area contributed by atoms with Crippen molar-refractivity contribution in [3.05, 3.63) is 45.7 Å². The van der Waals surface area contributed by atoms with Gasteiger partial charge in [-0.15, -0.1) is 0 Å². The number of furan rings is 2. The number of halogens is 1. The summed E-state index contributed by atoms with van der Waals surface area (Å²) in [5.74, 6) is 0.214. The third kappa shape index (κ3) is 3.05. The highest BCUT2D eigenvalue weighted by Gasteiger charge is 2.15. The monoisotopic (exact) mass is 326 g/mol. The Hall–Kier alpha value is -2.02. The number of amides is 2. The Bertz CT molecular complexity index is 629. The van der Waals surface area contributed by atoms with Gasteiger partial charge in [0, 0.05) is 0 Å². The number of carbonyl (C=O) groups is 2. The van der Waals surface area contributed by atoms with Crippen LogP contribution in [0.1, 0.15) is 32.4 Å². The first-order valence-electron chi connectivity index (χ1n) is 5.40. The Morgan fingerprint density at radius 3 is 2.32 bits per heavy atom. The number of hydrazine groups is 1. The van der Waals surface area contributed by atoms with Crippen LogP contribution in [0.25, 0.3) is 0 Å². The highest BCUT2D eigenvalue weighted by atomic mass is 79.9. The van der Waals surface area contributed by atoms with Gasteiger partial charge in [-0.05, 0) is 48.0 Å². The molecule has 0 spiro atoms. The maximum absolute atomic E-state index is 11.8. The molecule has 0 fully saturated rings. The maximum Gasteiger partial charge on any atom is 0.305 e. The van der Waals surface area contributed by atoms with Crippen LogP contribution in [0.2, 0.25) is 0 Å². The van der Waals surface area contributed by atoms with Crippen LogP contribution in [0.5, 0.6) is 0 Å². The van der Waals surface area contributed by atoms with Gasteiger partial charge in [-0.25, -0.2) is 0 Å². The van der Waals surface area contributed by atoms with Gasteiger partial charge >= 0.3 is 5.91 Å². The van der Waals surface area contributed by atoms with Crippen molar-refractivity contribution in [1.29, 1.82) is 0 Å². The number of aryl methyl sites for hydroxylation is 2. The lowest BCUT2D eigenvalue weighted by molar-refractivity contribution is 0.0829. The van der Waals surface area contributed by atoms with Gasteiger partial charge in [0.25, 0.3) is 5.91 Å². The van der Waals surface area contributed by atoms with E-state index in [1.807, 2.05) is 0 Å². The highest BCUT2D eigenvalue weighted by molar-refractivity contribution is 9.10. The molecule has 0 aliphatic heterocycles. The summed E-state index contributed by atoms with van der Waals surface area (Å²) in [6.45, 7) is 3.41. The molecule has 2 heterocycles. The van der Waals surface area contributed by atoms with E-state index < -0.39 is 11.8 Å². The SMILES string of the molecule is Cc1cc(C(=O)NNC(=O)c2ccc(Br)o2)c(C)o1. The van der Waals surface area contributed by atoms with Gasteiger partial charge in [0.05, 0.1) is 5.56 Å². The number of hydrogen-bond donors (Lipinski definition) is 2. The fourth-order valence-corrected chi connectivity index (χ4v) is 1.84. The Morgan fingerprint density at radius 1 is 1.11 bits per heavy atom. The van der Waals surface area contributed by atoms with E-state index >= 15 is 0 Å². The van der Waals surface area contributed by atoms with E-state index in [2.05, 4.69) is 26.8 Å². The van der Waals surface area contributed by atoms with Gasteiger partial charge in [0.15, 0.2) is 10.4 Å². The van der Waals surface area contributed by atoms with Crippen LogP contribution >= 0.6 is 15.9 Å². The minimum absolute atomic E-state index is 0.0901. The molecule has 0 unspecified atom stereocenters. The second-order valence-corrected chi connectivity index (χ2v) is 4.62. The summed E-state index contributed by atoms with van der Waals surface area (Å²) < 4.78 is 10.7. The molecule has 19 heavy (non-hydrogen) atoms. The molecule has 0 radical (unpaired) electrons. The molecule has 0 aromatic carbocycles. The van der Waals surface area contributed by atoms with Gasteiger partial charge in [-0.3, -0.25) is 20.4 Å². The molecule has 0 saturated heterocycles. The quantitative estimate of drug-likeness (QED) is 0.829. The van der Waals surface area contributed by atoms with Crippen molar-refractivity contribution in [1.82, 2.24) is 10.9 Å². The van der Waals surface area contributed by atoms with Gasteiger partial charge in [-0.2, -0.15) is 0 Å². The van der Waals surface area contributed by atoms with E-state index in [0.717, 1.165) is 0 Å². The summed E-state index contributed by atoms with van der Waals surface area (Å²) in [6.07, 6.45) is 0. The van der Waals surface area contributed by atoms with Crippen LogP contribution in [0.4, 0.5) is 0 Å². The lowest BCUT2D eigenvalue weighted by Crippen LogP contribution is -2.41.